The summed E-state index contributed by atoms with van der Waals surface area (Å²) in [6.07, 6.45) is 2.69. The van der Waals surface area contributed by atoms with Crippen molar-refractivity contribution in [3.63, 3.8) is 0 Å². The van der Waals surface area contributed by atoms with E-state index in [1.54, 1.807) is 0 Å². The lowest BCUT2D eigenvalue weighted by Gasteiger charge is -2.25. The van der Waals surface area contributed by atoms with Crippen LogP contribution in [0.4, 0.5) is 0 Å². The molecule has 1 fully saturated rings. The lowest BCUT2D eigenvalue weighted by atomic mass is 9.95. The van der Waals surface area contributed by atoms with Crippen molar-refractivity contribution in [2.75, 3.05) is 33.0 Å². The van der Waals surface area contributed by atoms with Gasteiger partial charge in [-0.05, 0) is 18.8 Å². The molecule has 1 rings (SSSR count). The predicted molar refractivity (Wildman–Crippen MR) is 71.3 cm³/mol. The zero-order valence-corrected chi connectivity index (χ0v) is 11.9. The Bertz CT molecular complexity index is 200. The number of nitrogens with one attached hydrogen (secondary N) is 1. The molecule has 0 aromatic rings. The van der Waals surface area contributed by atoms with Gasteiger partial charge in [0, 0.05) is 24.6 Å². The van der Waals surface area contributed by atoms with Crippen LogP contribution < -0.4 is 5.32 Å². The van der Waals surface area contributed by atoms with Gasteiger partial charge < -0.3 is 14.8 Å². The van der Waals surface area contributed by atoms with Crippen LogP contribution in [0.15, 0.2) is 0 Å². The van der Waals surface area contributed by atoms with E-state index < -0.39 is 0 Å². The quantitative estimate of drug-likeness (QED) is 0.598. The SMILES string of the molecule is CC(C)COCCOCC(C)(C)CNC1CC1. The van der Waals surface area contributed by atoms with E-state index in [2.05, 4.69) is 33.0 Å². The molecule has 0 radical (unpaired) electrons. The third kappa shape index (κ3) is 8.58. The minimum atomic E-state index is 0.223. The van der Waals surface area contributed by atoms with Gasteiger partial charge in [-0.25, -0.2) is 0 Å². The number of hydrogen-bond donors (Lipinski definition) is 1. The minimum absolute atomic E-state index is 0.223. The standard InChI is InChI=1S/C14H29NO2/c1-12(2)9-16-7-8-17-11-14(3,4)10-15-13-5-6-13/h12-13,15H,5-11H2,1-4H3. The van der Waals surface area contributed by atoms with Crippen molar-refractivity contribution in [2.45, 2.75) is 46.6 Å². The largest absolute Gasteiger partial charge is 0.379 e. The van der Waals surface area contributed by atoms with Crippen LogP contribution in [0.25, 0.3) is 0 Å². The summed E-state index contributed by atoms with van der Waals surface area (Å²) in [7, 11) is 0. The van der Waals surface area contributed by atoms with Gasteiger partial charge in [0.25, 0.3) is 0 Å². The fourth-order valence-electron chi connectivity index (χ4n) is 1.54. The van der Waals surface area contributed by atoms with E-state index in [-0.39, 0.29) is 5.41 Å². The van der Waals surface area contributed by atoms with Crippen molar-refractivity contribution in [3.8, 4) is 0 Å². The normalized spacial score (nSPS) is 16.8. The number of ether oxygens (including phenoxy) is 2. The van der Waals surface area contributed by atoms with Gasteiger partial charge in [-0.1, -0.05) is 27.7 Å². The van der Waals surface area contributed by atoms with E-state index in [1.807, 2.05) is 0 Å². The summed E-state index contributed by atoms with van der Waals surface area (Å²) in [5, 5.41) is 3.55. The number of rotatable bonds is 10. The molecule has 0 atom stereocenters. The molecule has 0 heterocycles. The van der Waals surface area contributed by atoms with Crippen molar-refractivity contribution in [3.05, 3.63) is 0 Å². The monoisotopic (exact) mass is 243 g/mol. The van der Waals surface area contributed by atoms with E-state index in [4.69, 9.17) is 9.47 Å². The molecule has 0 amide bonds. The first kappa shape index (κ1) is 14.9. The summed E-state index contributed by atoms with van der Waals surface area (Å²) < 4.78 is 11.1. The van der Waals surface area contributed by atoms with E-state index in [1.165, 1.54) is 12.8 Å². The van der Waals surface area contributed by atoms with E-state index >= 15 is 0 Å². The molecule has 0 aromatic carbocycles. The van der Waals surface area contributed by atoms with Crippen LogP contribution in [0.3, 0.4) is 0 Å². The predicted octanol–water partition coefficient (Wildman–Crippen LogP) is 2.45. The van der Waals surface area contributed by atoms with E-state index in [9.17, 15) is 0 Å². The van der Waals surface area contributed by atoms with E-state index in [0.29, 0.717) is 19.1 Å². The maximum atomic E-state index is 5.67. The molecule has 1 aliphatic carbocycles. The van der Waals surface area contributed by atoms with Crippen LogP contribution in [-0.4, -0.2) is 39.0 Å². The molecule has 0 saturated heterocycles. The van der Waals surface area contributed by atoms with Crippen LogP contribution in [-0.2, 0) is 9.47 Å². The Kier molecular flexibility index (Phi) is 6.45. The summed E-state index contributed by atoms with van der Waals surface area (Å²) in [6, 6.07) is 0.781. The fourth-order valence-corrected chi connectivity index (χ4v) is 1.54. The first-order chi connectivity index (χ1) is 7.99. The minimum Gasteiger partial charge on any atom is -0.379 e. The molecule has 0 bridgehead atoms. The summed E-state index contributed by atoms with van der Waals surface area (Å²) >= 11 is 0. The molecule has 0 unspecified atom stereocenters. The van der Waals surface area contributed by atoms with Crippen molar-refractivity contribution in [1.29, 1.82) is 0 Å². The topological polar surface area (TPSA) is 30.5 Å². The third-order valence-corrected chi connectivity index (χ3v) is 2.76. The molecule has 1 saturated carbocycles. The zero-order valence-electron chi connectivity index (χ0n) is 11.9. The van der Waals surface area contributed by atoms with Crippen LogP contribution >= 0.6 is 0 Å². The second kappa shape index (κ2) is 7.34. The highest BCUT2D eigenvalue weighted by molar-refractivity contribution is 4.83. The van der Waals surface area contributed by atoms with Gasteiger partial charge >= 0.3 is 0 Å². The summed E-state index contributed by atoms with van der Waals surface area (Å²) in [4.78, 5) is 0. The van der Waals surface area contributed by atoms with Gasteiger partial charge in [0.2, 0.25) is 0 Å². The van der Waals surface area contributed by atoms with Gasteiger partial charge in [0.1, 0.15) is 0 Å². The molecule has 0 spiro atoms. The van der Waals surface area contributed by atoms with Crippen molar-refractivity contribution < 1.29 is 9.47 Å². The van der Waals surface area contributed by atoms with Gasteiger partial charge in [-0.15, -0.1) is 0 Å². The van der Waals surface area contributed by atoms with Crippen molar-refractivity contribution in [2.24, 2.45) is 11.3 Å². The Hall–Kier alpha value is -0.120. The molecule has 1 aliphatic rings. The highest BCUT2D eigenvalue weighted by atomic mass is 16.5. The lowest BCUT2D eigenvalue weighted by Crippen LogP contribution is -2.34. The average molecular weight is 243 g/mol. The maximum absolute atomic E-state index is 5.67. The van der Waals surface area contributed by atoms with Crippen LogP contribution in [0.1, 0.15) is 40.5 Å². The summed E-state index contributed by atoms with van der Waals surface area (Å²) in [6.45, 7) is 12.9. The van der Waals surface area contributed by atoms with Crippen LogP contribution in [0, 0.1) is 11.3 Å². The van der Waals surface area contributed by atoms with Crippen molar-refractivity contribution >= 4 is 0 Å². The average Bonchev–Trinajstić information content (AvgIpc) is 3.04. The molecule has 102 valence electrons. The lowest BCUT2D eigenvalue weighted by molar-refractivity contribution is 0.00905. The molecule has 0 aliphatic heterocycles. The van der Waals surface area contributed by atoms with Gasteiger partial charge in [0.15, 0.2) is 0 Å². The number of hydrogen-bond acceptors (Lipinski definition) is 3. The second-order valence-electron chi connectivity index (χ2n) is 6.34. The van der Waals surface area contributed by atoms with Crippen LogP contribution in [0.2, 0.25) is 0 Å². The molecular formula is C14H29NO2. The summed E-state index contributed by atoms with van der Waals surface area (Å²) in [5.41, 5.74) is 0.223. The molecule has 17 heavy (non-hydrogen) atoms. The Balaban J connectivity index is 1.92. The maximum Gasteiger partial charge on any atom is 0.0700 e. The summed E-state index contributed by atoms with van der Waals surface area (Å²) in [5.74, 6) is 0.606. The first-order valence-electron chi connectivity index (χ1n) is 6.88. The second-order valence-corrected chi connectivity index (χ2v) is 6.34. The Morgan fingerprint density at radius 2 is 1.82 bits per heavy atom. The van der Waals surface area contributed by atoms with Crippen molar-refractivity contribution in [1.82, 2.24) is 5.32 Å². The Morgan fingerprint density at radius 1 is 1.18 bits per heavy atom. The molecule has 3 nitrogen and oxygen atoms in total. The highest BCUT2D eigenvalue weighted by Gasteiger charge is 2.25. The third-order valence-electron chi connectivity index (χ3n) is 2.76. The zero-order chi connectivity index (χ0) is 12.7. The van der Waals surface area contributed by atoms with Crippen LogP contribution in [0.5, 0.6) is 0 Å². The first-order valence-corrected chi connectivity index (χ1v) is 6.88. The smallest absolute Gasteiger partial charge is 0.0700 e. The molecule has 3 heteroatoms. The van der Waals surface area contributed by atoms with Gasteiger partial charge in [-0.3, -0.25) is 0 Å². The van der Waals surface area contributed by atoms with E-state index in [0.717, 1.165) is 25.8 Å². The Labute approximate surface area is 106 Å². The molecular weight excluding hydrogens is 214 g/mol. The van der Waals surface area contributed by atoms with Gasteiger partial charge in [0.05, 0.1) is 19.8 Å². The fraction of sp³-hybridized carbons (Fsp3) is 1.00. The highest BCUT2D eigenvalue weighted by Crippen LogP contribution is 2.21. The van der Waals surface area contributed by atoms with Gasteiger partial charge in [-0.2, -0.15) is 0 Å². The molecule has 0 aromatic heterocycles. The Morgan fingerprint density at radius 3 is 2.41 bits per heavy atom. The molecule has 1 N–H and O–H groups in total.